The average Bonchev–Trinajstić information content (AvgIpc) is 2.98. The Morgan fingerprint density at radius 1 is 1.10 bits per heavy atom. The van der Waals surface area contributed by atoms with E-state index in [2.05, 4.69) is 15.5 Å². The summed E-state index contributed by atoms with van der Waals surface area (Å²) in [5.41, 5.74) is 4.00. The number of rotatable bonds is 3. The third kappa shape index (κ3) is 3.37. The number of carbonyl (C=O) groups excluding carboxylic acids is 3. The van der Waals surface area contributed by atoms with E-state index in [9.17, 15) is 19.5 Å². The number of aryl methyl sites for hydroxylation is 2. The molecule has 2 heterocycles. The molecule has 2 aliphatic rings. The molecule has 3 amide bonds. The zero-order chi connectivity index (χ0) is 20.7. The summed E-state index contributed by atoms with van der Waals surface area (Å²) in [6.07, 6.45) is 0.523. The van der Waals surface area contributed by atoms with Crippen molar-refractivity contribution < 1.29 is 19.5 Å². The maximum atomic E-state index is 12.9. The Balaban J connectivity index is 1.64. The van der Waals surface area contributed by atoms with E-state index in [0.29, 0.717) is 28.9 Å². The fraction of sp³-hybridized carbons (Fsp3) is 0.286. The van der Waals surface area contributed by atoms with Crippen LogP contribution in [-0.2, 0) is 16.1 Å². The first-order chi connectivity index (χ1) is 13.8. The molecule has 0 bridgehead atoms. The summed E-state index contributed by atoms with van der Waals surface area (Å²) in [7, 11) is 0. The second-order valence-electron chi connectivity index (χ2n) is 7.33. The lowest BCUT2D eigenvalue weighted by molar-refractivity contribution is -0.136. The van der Waals surface area contributed by atoms with Gasteiger partial charge >= 0.3 is 0 Å². The molecule has 8 heteroatoms. The summed E-state index contributed by atoms with van der Waals surface area (Å²) < 4.78 is 0. The van der Waals surface area contributed by atoms with Crippen LogP contribution in [0, 0.1) is 13.8 Å². The Kier molecular flexibility index (Phi) is 4.62. The lowest BCUT2D eigenvalue weighted by Crippen LogP contribution is -2.52. The lowest BCUT2D eigenvalue weighted by atomic mass is 10.0. The van der Waals surface area contributed by atoms with E-state index in [0.717, 1.165) is 11.1 Å². The maximum absolute atomic E-state index is 12.9. The first-order valence-corrected chi connectivity index (χ1v) is 9.33. The van der Waals surface area contributed by atoms with Gasteiger partial charge in [0, 0.05) is 24.1 Å². The third-order valence-corrected chi connectivity index (χ3v) is 5.29. The smallest absolute Gasteiger partial charge is 0.255 e. The van der Waals surface area contributed by atoms with Gasteiger partial charge in [-0.1, -0.05) is 6.07 Å². The van der Waals surface area contributed by atoms with Gasteiger partial charge in [0.25, 0.3) is 5.91 Å². The monoisotopic (exact) mass is 392 g/mol. The minimum atomic E-state index is -0.668. The van der Waals surface area contributed by atoms with Gasteiger partial charge in [-0.3, -0.25) is 19.7 Å². The molecule has 0 aromatic heterocycles. The van der Waals surface area contributed by atoms with Crippen LogP contribution in [0.4, 0.5) is 11.4 Å². The van der Waals surface area contributed by atoms with Crippen molar-refractivity contribution in [2.75, 3.05) is 0 Å². The number of carbonyl (C=O) groups is 3. The molecule has 0 radical (unpaired) electrons. The predicted octanol–water partition coefficient (Wildman–Crippen LogP) is 3.19. The Bertz CT molecular complexity index is 1050. The lowest BCUT2D eigenvalue weighted by Gasteiger charge is -2.29. The van der Waals surface area contributed by atoms with Gasteiger partial charge in [-0.25, -0.2) is 0 Å². The highest BCUT2D eigenvalue weighted by atomic mass is 16.3. The zero-order valence-corrected chi connectivity index (χ0v) is 16.1. The van der Waals surface area contributed by atoms with Gasteiger partial charge in [-0.05, 0) is 55.7 Å². The molecule has 2 aromatic carbocycles. The molecular weight excluding hydrogens is 372 g/mol. The quantitative estimate of drug-likeness (QED) is 0.617. The van der Waals surface area contributed by atoms with Gasteiger partial charge < -0.3 is 10.0 Å². The number of nitrogens with one attached hydrogen (secondary N) is 1. The van der Waals surface area contributed by atoms with Gasteiger partial charge in [0.2, 0.25) is 11.8 Å². The van der Waals surface area contributed by atoms with Gasteiger partial charge in [-0.2, -0.15) is 5.11 Å². The minimum Gasteiger partial charge on any atom is -0.508 e. The molecule has 8 nitrogen and oxygen atoms in total. The van der Waals surface area contributed by atoms with Gasteiger partial charge in [0.05, 0.1) is 11.4 Å². The summed E-state index contributed by atoms with van der Waals surface area (Å²) >= 11 is 0. The molecule has 0 saturated carbocycles. The molecule has 1 fully saturated rings. The summed E-state index contributed by atoms with van der Waals surface area (Å²) in [5.74, 6) is -0.834. The number of azo groups is 1. The van der Waals surface area contributed by atoms with Crippen LogP contribution >= 0.6 is 0 Å². The number of hydrogen-bond donors (Lipinski definition) is 2. The number of benzene rings is 2. The molecule has 1 saturated heterocycles. The van der Waals surface area contributed by atoms with Crippen molar-refractivity contribution in [2.24, 2.45) is 10.2 Å². The third-order valence-electron chi connectivity index (χ3n) is 5.29. The van der Waals surface area contributed by atoms with Crippen molar-refractivity contribution >= 4 is 29.1 Å². The van der Waals surface area contributed by atoms with Crippen LogP contribution in [-0.4, -0.2) is 33.8 Å². The van der Waals surface area contributed by atoms with Crippen molar-refractivity contribution in [3.63, 3.8) is 0 Å². The second-order valence-corrected chi connectivity index (χ2v) is 7.33. The fourth-order valence-electron chi connectivity index (χ4n) is 3.86. The predicted molar refractivity (Wildman–Crippen MR) is 104 cm³/mol. The van der Waals surface area contributed by atoms with E-state index in [1.165, 1.54) is 4.90 Å². The number of piperidine rings is 1. The van der Waals surface area contributed by atoms with Crippen molar-refractivity contribution in [2.45, 2.75) is 39.3 Å². The Morgan fingerprint density at radius 3 is 2.52 bits per heavy atom. The number of aromatic hydroxyl groups is 1. The summed E-state index contributed by atoms with van der Waals surface area (Å²) in [4.78, 5) is 37.9. The highest BCUT2D eigenvalue weighted by Gasteiger charge is 2.39. The standard InChI is InChI=1S/C21H20N4O4/c1-11-8-13(26)9-12(2)19(11)24-23-16-5-3-4-14-15(16)10-25(21(14)29)17-6-7-18(27)22-20(17)28/h3-5,8-9,17,26H,6-7,10H2,1-2H3,(H,22,27,28). The largest absolute Gasteiger partial charge is 0.508 e. The molecule has 2 N–H and O–H groups in total. The highest BCUT2D eigenvalue weighted by Crippen LogP contribution is 2.35. The molecular formula is C21H20N4O4. The SMILES string of the molecule is Cc1cc(O)cc(C)c1N=Nc1cccc2c1CN(C1CCC(=O)NC1=O)C2=O. The summed E-state index contributed by atoms with van der Waals surface area (Å²) in [6.45, 7) is 3.92. The molecule has 0 spiro atoms. The number of phenolic OH excluding ortho intramolecular Hbond substituents is 1. The topological polar surface area (TPSA) is 111 Å². The first kappa shape index (κ1) is 18.8. The van der Waals surface area contributed by atoms with Crippen molar-refractivity contribution in [3.05, 3.63) is 52.6 Å². The number of phenols is 1. The van der Waals surface area contributed by atoms with Crippen LogP contribution in [0.5, 0.6) is 5.75 Å². The maximum Gasteiger partial charge on any atom is 0.255 e. The molecule has 29 heavy (non-hydrogen) atoms. The molecule has 2 aromatic rings. The molecule has 148 valence electrons. The Morgan fingerprint density at radius 2 is 1.83 bits per heavy atom. The summed E-state index contributed by atoms with van der Waals surface area (Å²) in [6, 6.07) is 7.78. The van der Waals surface area contributed by atoms with Gasteiger partial charge in [0.1, 0.15) is 11.8 Å². The molecule has 2 aliphatic heterocycles. The van der Waals surface area contributed by atoms with Crippen molar-refractivity contribution in [1.82, 2.24) is 10.2 Å². The minimum absolute atomic E-state index is 0.171. The van der Waals surface area contributed by atoms with Crippen LogP contribution in [0.3, 0.4) is 0 Å². The van der Waals surface area contributed by atoms with Gasteiger partial charge in [0.15, 0.2) is 0 Å². The zero-order valence-electron chi connectivity index (χ0n) is 16.1. The number of nitrogens with zero attached hydrogens (tertiary/aromatic N) is 3. The number of imide groups is 1. The van der Waals surface area contributed by atoms with E-state index < -0.39 is 11.9 Å². The molecule has 0 aliphatic carbocycles. The number of amides is 3. The highest BCUT2D eigenvalue weighted by molar-refractivity contribution is 6.06. The first-order valence-electron chi connectivity index (χ1n) is 9.33. The van der Waals surface area contributed by atoms with E-state index in [1.54, 1.807) is 30.3 Å². The number of fused-ring (bicyclic) bond motifs is 1. The van der Waals surface area contributed by atoms with E-state index in [1.807, 2.05) is 13.8 Å². The summed E-state index contributed by atoms with van der Waals surface area (Å²) in [5, 5.41) is 20.7. The fourth-order valence-corrected chi connectivity index (χ4v) is 3.86. The van der Waals surface area contributed by atoms with E-state index >= 15 is 0 Å². The van der Waals surface area contributed by atoms with Gasteiger partial charge in [-0.15, -0.1) is 5.11 Å². The van der Waals surface area contributed by atoms with Crippen LogP contribution in [0.1, 0.15) is 39.9 Å². The van der Waals surface area contributed by atoms with Crippen LogP contribution in [0.15, 0.2) is 40.6 Å². The Hall–Kier alpha value is -3.55. The average molecular weight is 392 g/mol. The van der Waals surface area contributed by atoms with Crippen LogP contribution in [0.25, 0.3) is 0 Å². The van der Waals surface area contributed by atoms with E-state index in [-0.39, 0.29) is 30.5 Å². The molecule has 1 atom stereocenters. The van der Waals surface area contributed by atoms with Crippen LogP contribution < -0.4 is 5.32 Å². The second kappa shape index (κ2) is 7.12. The Labute approximate surface area is 167 Å². The van der Waals surface area contributed by atoms with E-state index in [4.69, 9.17) is 0 Å². The normalized spacial score (nSPS) is 19.0. The van der Waals surface area contributed by atoms with Crippen molar-refractivity contribution in [1.29, 1.82) is 0 Å². The van der Waals surface area contributed by atoms with Crippen LogP contribution in [0.2, 0.25) is 0 Å². The van der Waals surface area contributed by atoms with Crippen molar-refractivity contribution in [3.8, 4) is 5.75 Å². The molecule has 4 rings (SSSR count). The molecule has 1 unspecified atom stereocenters. The number of hydrogen-bond acceptors (Lipinski definition) is 6.